The molecule has 7 heteroatoms. The van der Waals surface area contributed by atoms with Crippen LogP contribution in [0.3, 0.4) is 0 Å². The second-order valence-corrected chi connectivity index (χ2v) is 6.81. The lowest BCUT2D eigenvalue weighted by molar-refractivity contribution is 0.0375. The summed E-state index contributed by atoms with van der Waals surface area (Å²) >= 11 is 0. The van der Waals surface area contributed by atoms with Crippen molar-refractivity contribution in [1.82, 2.24) is 10.2 Å². The van der Waals surface area contributed by atoms with E-state index in [1.54, 1.807) is 0 Å². The molecule has 0 aromatic heterocycles. The van der Waals surface area contributed by atoms with Crippen molar-refractivity contribution in [1.29, 1.82) is 0 Å². The van der Waals surface area contributed by atoms with Crippen LogP contribution in [0.15, 0.2) is 0 Å². The molecule has 0 aliphatic carbocycles. The summed E-state index contributed by atoms with van der Waals surface area (Å²) in [6.45, 7) is 4.95. The highest BCUT2D eigenvalue weighted by Crippen LogP contribution is 2.12. The maximum Gasteiger partial charge on any atom is 0.154 e. The van der Waals surface area contributed by atoms with Crippen molar-refractivity contribution >= 4 is 9.84 Å². The van der Waals surface area contributed by atoms with Gasteiger partial charge in [-0.25, -0.2) is 8.42 Å². The molecule has 0 spiro atoms. The molecule has 0 amide bonds. The largest absolute Gasteiger partial charge is 0.390 e. The first-order valence-electron chi connectivity index (χ1n) is 5.99. The molecule has 2 heterocycles. The molecule has 0 saturated carbocycles. The fourth-order valence-electron chi connectivity index (χ4n) is 2.26. The summed E-state index contributed by atoms with van der Waals surface area (Å²) in [6.07, 6.45) is -0.760. The van der Waals surface area contributed by atoms with Gasteiger partial charge in [0.2, 0.25) is 0 Å². The number of morpholine rings is 1. The third-order valence-corrected chi connectivity index (χ3v) is 4.98. The van der Waals surface area contributed by atoms with Crippen molar-refractivity contribution in [2.45, 2.75) is 12.1 Å². The summed E-state index contributed by atoms with van der Waals surface area (Å²) in [5, 5.41) is 12.7. The normalized spacial score (nSPS) is 33.9. The van der Waals surface area contributed by atoms with Crippen LogP contribution in [0.1, 0.15) is 0 Å². The molecule has 2 rings (SSSR count). The Bertz CT molecular complexity index is 340. The van der Waals surface area contributed by atoms with E-state index in [1.807, 2.05) is 0 Å². The third kappa shape index (κ3) is 3.89. The molecule has 17 heavy (non-hydrogen) atoms. The fourth-order valence-corrected chi connectivity index (χ4v) is 4.03. The summed E-state index contributed by atoms with van der Waals surface area (Å²) in [7, 11) is -3.05. The molecule has 2 atom stereocenters. The van der Waals surface area contributed by atoms with E-state index in [0.717, 1.165) is 32.8 Å². The lowest BCUT2D eigenvalue weighted by atomic mass is 10.2. The van der Waals surface area contributed by atoms with Gasteiger partial charge in [0.15, 0.2) is 9.84 Å². The van der Waals surface area contributed by atoms with Crippen LogP contribution in [0.2, 0.25) is 0 Å². The van der Waals surface area contributed by atoms with Crippen LogP contribution in [-0.4, -0.2) is 81.5 Å². The van der Waals surface area contributed by atoms with Crippen molar-refractivity contribution < 1.29 is 18.3 Å². The van der Waals surface area contributed by atoms with E-state index in [-0.39, 0.29) is 17.5 Å². The highest BCUT2D eigenvalue weighted by atomic mass is 32.2. The number of nitrogens with one attached hydrogen (secondary N) is 1. The number of ether oxygens (including phenoxy) is 1. The van der Waals surface area contributed by atoms with E-state index >= 15 is 0 Å². The number of aliphatic hydroxyl groups excluding tert-OH is 1. The van der Waals surface area contributed by atoms with Gasteiger partial charge in [-0.2, -0.15) is 0 Å². The number of nitrogens with zero attached hydrogens (tertiary/aromatic N) is 1. The second-order valence-electron chi connectivity index (χ2n) is 4.66. The maximum atomic E-state index is 11.3. The van der Waals surface area contributed by atoms with Crippen molar-refractivity contribution in [3.8, 4) is 0 Å². The van der Waals surface area contributed by atoms with Crippen molar-refractivity contribution in [3.05, 3.63) is 0 Å². The minimum atomic E-state index is -3.05. The van der Waals surface area contributed by atoms with Gasteiger partial charge < -0.3 is 15.2 Å². The van der Waals surface area contributed by atoms with Crippen molar-refractivity contribution in [3.63, 3.8) is 0 Å². The molecule has 2 unspecified atom stereocenters. The van der Waals surface area contributed by atoms with E-state index < -0.39 is 15.9 Å². The van der Waals surface area contributed by atoms with E-state index in [1.165, 1.54) is 0 Å². The van der Waals surface area contributed by atoms with E-state index in [0.29, 0.717) is 6.54 Å². The minimum absolute atomic E-state index is 0.0529. The van der Waals surface area contributed by atoms with Gasteiger partial charge in [-0.1, -0.05) is 0 Å². The zero-order valence-electron chi connectivity index (χ0n) is 9.84. The number of hydrogen-bond acceptors (Lipinski definition) is 6. The molecule has 2 fully saturated rings. The predicted octanol–water partition coefficient (Wildman–Crippen LogP) is -1.93. The smallest absolute Gasteiger partial charge is 0.154 e. The van der Waals surface area contributed by atoms with Gasteiger partial charge in [-0.05, 0) is 0 Å². The van der Waals surface area contributed by atoms with Crippen LogP contribution in [0.5, 0.6) is 0 Å². The molecule has 0 radical (unpaired) electrons. The van der Waals surface area contributed by atoms with Crippen molar-refractivity contribution in [2.75, 3.05) is 50.9 Å². The topological polar surface area (TPSA) is 78.9 Å². The Labute approximate surface area is 102 Å². The zero-order valence-corrected chi connectivity index (χ0v) is 10.7. The van der Waals surface area contributed by atoms with E-state index in [2.05, 4.69) is 10.2 Å². The van der Waals surface area contributed by atoms with Gasteiger partial charge in [0.05, 0.1) is 30.8 Å². The maximum absolute atomic E-state index is 11.3. The Hall–Kier alpha value is -0.210. The number of aliphatic hydroxyl groups is 1. The average Bonchev–Trinajstić information content (AvgIpc) is 2.53. The Balaban J connectivity index is 1.68. The molecule has 6 nitrogen and oxygen atoms in total. The first kappa shape index (κ1) is 13.2. The van der Waals surface area contributed by atoms with Gasteiger partial charge in [0.25, 0.3) is 0 Å². The Morgan fingerprint density at radius 1 is 1.29 bits per heavy atom. The van der Waals surface area contributed by atoms with Crippen LogP contribution in [0.25, 0.3) is 0 Å². The van der Waals surface area contributed by atoms with Crippen LogP contribution in [-0.2, 0) is 14.6 Å². The van der Waals surface area contributed by atoms with Crippen LogP contribution in [0, 0.1) is 0 Å². The molecule has 0 bridgehead atoms. The van der Waals surface area contributed by atoms with E-state index in [9.17, 15) is 13.5 Å². The van der Waals surface area contributed by atoms with Gasteiger partial charge in [-0.15, -0.1) is 0 Å². The average molecular weight is 264 g/mol. The van der Waals surface area contributed by atoms with Crippen LogP contribution >= 0.6 is 0 Å². The summed E-state index contributed by atoms with van der Waals surface area (Å²) in [5.41, 5.74) is 0. The quantitative estimate of drug-likeness (QED) is 0.615. The lowest BCUT2D eigenvalue weighted by Gasteiger charge is -2.27. The molecular weight excluding hydrogens is 244 g/mol. The Morgan fingerprint density at radius 2 is 2.00 bits per heavy atom. The highest BCUT2D eigenvalue weighted by molar-refractivity contribution is 7.91. The summed E-state index contributed by atoms with van der Waals surface area (Å²) in [4.78, 5) is 2.27. The zero-order chi connectivity index (χ0) is 12.3. The molecule has 2 aliphatic rings. The van der Waals surface area contributed by atoms with Gasteiger partial charge >= 0.3 is 0 Å². The molecule has 2 aliphatic heterocycles. The van der Waals surface area contributed by atoms with Crippen LogP contribution in [0.4, 0.5) is 0 Å². The molecule has 0 aromatic carbocycles. The molecular formula is C10H20N2O4S. The number of sulfone groups is 1. The first-order valence-corrected chi connectivity index (χ1v) is 7.81. The molecule has 100 valence electrons. The first-order chi connectivity index (χ1) is 8.07. The Kier molecular flexibility index (Phi) is 4.37. The second kappa shape index (κ2) is 5.62. The fraction of sp³-hybridized carbons (Fsp3) is 1.00. The monoisotopic (exact) mass is 264 g/mol. The minimum Gasteiger partial charge on any atom is -0.390 e. The van der Waals surface area contributed by atoms with E-state index in [4.69, 9.17) is 4.74 Å². The predicted molar refractivity (Wildman–Crippen MR) is 63.7 cm³/mol. The standard InChI is InChI=1S/C10H20N2O4S/c13-10-8-17(14,15)7-9(10)11-1-2-12-3-5-16-6-4-12/h9-11,13H,1-8H2. The van der Waals surface area contributed by atoms with Crippen molar-refractivity contribution in [2.24, 2.45) is 0 Å². The van der Waals surface area contributed by atoms with Gasteiger partial charge in [0, 0.05) is 32.2 Å². The Morgan fingerprint density at radius 3 is 2.59 bits per heavy atom. The summed E-state index contributed by atoms with van der Waals surface area (Å²) in [5.74, 6) is -0.0561. The molecule has 2 N–H and O–H groups in total. The summed E-state index contributed by atoms with van der Waals surface area (Å²) in [6, 6.07) is -0.305. The number of hydrogen-bond donors (Lipinski definition) is 2. The third-order valence-electron chi connectivity index (χ3n) is 3.26. The molecule has 2 saturated heterocycles. The SMILES string of the molecule is O=S1(=O)CC(O)C(NCCN2CCOCC2)C1. The number of rotatable bonds is 4. The van der Waals surface area contributed by atoms with Crippen LogP contribution < -0.4 is 5.32 Å². The highest BCUT2D eigenvalue weighted by Gasteiger charge is 2.35. The molecule has 0 aromatic rings. The summed E-state index contributed by atoms with van der Waals surface area (Å²) < 4.78 is 27.8. The van der Waals surface area contributed by atoms with Gasteiger partial charge in [0.1, 0.15) is 0 Å². The van der Waals surface area contributed by atoms with Gasteiger partial charge in [-0.3, -0.25) is 4.90 Å². The lowest BCUT2D eigenvalue weighted by Crippen LogP contribution is -2.45.